The fourth-order valence-corrected chi connectivity index (χ4v) is 3.00. The molecule has 0 saturated heterocycles. The maximum absolute atomic E-state index is 13.8. The Balaban J connectivity index is 1.80. The lowest BCUT2D eigenvalue weighted by molar-refractivity contribution is 0.102. The van der Waals surface area contributed by atoms with Gasteiger partial charge >= 0.3 is 0 Å². The number of halogens is 3. The smallest absolute Gasteiger partial charge is 0.260 e. The van der Waals surface area contributed by atoms with Crippen LogP contribution in [-0.2, 0) is 0 Å². The summed E-state index contributed by atoms with van der Waals surface area (Å²) in [6, 6.07) is 10.2. The van der Waals surface area contributed by atoms with Crippen molar-refractivity contribution in [2.75, 3.05) is 5.32 Å². The molecule has 0 spiro atoms. The fraction of sp³-hybridized carbons (Fsp3) is 0. The molecule has 1 N–H and O–H groups in total. The van der Waals surface area contributed by atoms with Gasteiger partial charge in [0.1, 0.15) is 11.6 Å². The first kappa shape index (κ1) is 15.8. The maximum Gasteiger partial charge on any atom is 0.260 e. The number of nitrogens with one attached hydrogen (secondary N) is 1. The lowest BCUT2D eigenvalue weighted by Crippen LogP contribution is -2.13. The van der Waals surface area contributed by atoms with Crippen LogP contribution in [0.25, 0.3) is 11.3 Å². The van der Waals surface area contributed by atoms with Crippen molar-refractivity contribution in [1.29, 1.82) is 0 Å². The summed E-state index contributed by atoms with van der Waals surface area (Å²) < 4.78 is 27.5. The van der Waals surface area contributed by atoms with Crippen LogP contribution in [0.4, 0.5) is 13.9 Å². The van der Waals surface area contributed by atoms with E-state index in [9.17, 15) is 13.6 Å². The lowest BCUT2D eigenvalue weighted by Gasteiger charge is -2.03. The number of carbonyl (C=O) groups excluding carboxylic acids is 1. The minimum atomic E-state index is -0.626. The Hall–Kier alpha value is -2.12. The fourth-order valence-electron chi connectivity index (χ4n) is 1.95. The second-order valence-corrected chi connectivity index (χ2v) is 6.40. The number of thiazole rings is 1. The molecule has 0 aliphatic rings. The van der Waals surface area contributed by atoms with Gasteiger partial charge in [0, 0.05) is 15.4 Å². The number of hydrogen-bond acceptors (Lipinski definition) is 3. The Kier molecular flexibility index (Phi) is 4.49. The molecule has 3 nitrogen and oxygen atoms in total. The number of nitrogens with zero attached hydrogens (tertiary/aromatic N) is 1. The summed E-state index contributed by atoms with van der Waals surface area (Å²) in [7, 11) is 0. The molecule has 0 saturated carbocycles. The van der Waals surface area contributed by atoms with Crippen LogP contribution in [-0.4, -0.2) is 10.9 Å². The first-order chi connectivity index (χ1) is 11.0. The number of hydrogen-bond donors (Lipinski definition) is 1. The highest BCUT2D eigenvalue weighted by Gasteiger charge is 2.14. The average molecular weight is 395 g/mol. The average Bonchev–Trinajstić information content (AvgIpc) is 2.95. The van der Waals surface area contributed by atoms with E-state index in [1.165, 1.54) is 35.6 Å². The van der Waals surface area contributed by atoms with Crippen molar-refractivity contribution in [1.82, 2.24) is 4.98 Å². The highest BCUT2D eigenvalue weighted by Crippen LogP contribution is 2.26. The second kappa shape index (κ2) is 6.55. The van der Waals surface area contributed by atoms with Gasteiger partial charge in [0.05, 0.1) is 11.3 Å². The van der Waals surface area contributed by atoms with E-state index in [0.717, 1.165) is 0 Å². The van der Waals surface area contributed by atoms with Crippen molar-refractivity contribution in [2.45, 2.75) is 0 Å². The van der Waals surface area contributed by atoms with E-state index in [2.05, 4.69) is 26.2 Å². The lowest BCUT2D eigenvalue weighted by atomic mass is 10.2. The number of aromatic nitrogens is 1. The van der Waals surface area contributed by atoms with E-state index in [1.54, 1.807) is 23.6 Å². The summed E-state index contributed by atoms with van der Waals surface area (Å²) in [6.45, 7) is 0. The predicted molar refractivity (Wildman–Crippen MR) is 89.6 cm³/mol. The van der Waals surface area contributed by atoms with Crippen LogP contribution >= 0.6 is 27.3 Å². The molecule has 0 unspecified atom stereocenters. The summed E-state index contributed by atoms with van der Waals surface area (Å²) in [4.78, 5) is 16.3. The van der Waals surface area contributed by atoms with E-state index in [1.807, 2.05) is 0 Å². The van der Waals surface area contributed by atoms with Crippen molar-refractivity contribution >= 4 is 38.3 Å². The van der Waals surface area contributed by atoms with Gasteiger partial charge in [0.15, 0.2) is 5.13 Å². The third-order valence-electron chi connectivity index (χ3n) is 3.02. The van der Waals surface area contributed by atoms with Crippen LogP contribution in [0.5, 0.6) is 0 Å². The van der Waals surface area contributed by atoms with Crippen molar-refractivity contribution in [3.63, 3.8) is 0 Å². The number of amides is 1. The van der Waals surface area contributed by atoms with Gasteiger partial charge in [-0.05, 0) is 30.3 Å². The Bertz CT molecular complexity index is 882. The molecule has 0 aliphatic carbocycles. The Labute approximate surface area is 143 Å². The number of rotatable bonds is 3. The quantitative estimate of drug-likeness (QED) is 0.670. The molecule has 3 aromatic rings. The Morgan fingerprint density at radius 3 is 2.74 bits per heavy atom. The topological polar surface area (TPSA) is 42.0 Å². The van der Waals surface area contributed by atoms with Gasteiger partial charge in [-0.3, -0.25) is 10.1 Å². The maximum atomic E-state index is 13.8. The highest BCUT2D eigenvalue weighted by atomic mass is 79.9. The van der Waals surface area contributed by atoms with Crippen molar-refractivity contribution in [3.05, 3.63) is 69.5 Å². The number of anilines is 1. The molecule has 1 amide bonds. The largest absolute Gasteiger partial charge is 0.298 e. The van der Waals surface area contributed by atoms with E-state index >= 15 is 0 Å². The number of carbonyl (C=O) groups is 1. The monoisotopic (exact) mass is 394 g/mol. The zero-order valence-electron chi connectivity index (χ0n) is 11.5. The van der Waals surface area contributed by atoms with Gasteiger partial charge in [0.2, 0.25) is 0 Å². The number of benzene rings is 2. The van der Waals surface area contributed by atoms with Crippen molar-refractivity contribution in [2.24, 2.45) is 0 Å². The zero-order chi connectivity index (χ0) is 16.4. The van der Waals surface area contributed by atoms with E-state index in [-0.39, 0.29) is 11.4 Å². The van der Waals surface area contributed by atoms with Crippen LogP contribution in [0.3, 0.4) is 0 Å². The Morgan fingerprint density at radius 1 is 1.17 bits per heavy atom. The molecule has 116 valence electrons. The molecule has 0 radical (unpaired) electrons. The van der Waals surface area contributed by atoms with E-state index in [0.29, 0.717) is 20.9 Å². The minimum Gasteiger partial charge on any atom is -0.298 e. The summed E-state index contributed by atoms with van der Waals surface area (Å²) in [5.74, 6) is -1.58. The van der Waals surface area contributed by atoms with Crippen LogP contribution in [0.2, 0.25) is 0 Å². The van der Waals surface area contributed by atoms with E-state index in [4.69, 9.17) is 0 Å². The Morgan fingerprint density at radius 2 is 2.00 bits per heavy atom. The first-order valence-electron chi connectivity index (χ1n) is 6.51. The summed E-state index contributed by atoms with van der Waals surface area (Å²) in [6.07, 6.45) is 0. The molecule has 1 aromatic heterocycles. The normalized spacial score (nSPS) is 10.6. The SMILES string of the molecule is O=C(Nc1nc(-c2cccc(F)c2)cs1)c1ccc(Br)cc1F. The standard InChI is InChI=1S/C16H9BrF2N2OS/c17-10-4-5-12(13(19)7-10)15(22)21-16-20-14(8-23-16)9-2-1-3-11(18)6-9/h1-8H,(H,20,21,22). The van der Waals surface area contributed by atoms with Crippen LogP contribution in [0.15, 0.2) is 52.3 Å². The molecule has 0 aliphatic heterocycles. The predicted octanol–water partition coefficient (Wildman–Crippen LogP) is 5.10. The molecule has 23 heavy (non-hydrogen) atoms. The molecule has 1 heterocycles. The molecule has 0 atom stereocenters. The van der Waals surface area contributed by atoms with E-state index < -0.39 is 11.7 Å². The molecule has 7 heteroatoms. The second-order valence-electron chi connectivity index (χ2n) is 4.63. The molecule has 3 rings (SSSR count). The first-order valence-corrected chi connectivity index (χ1v) is 8.18. The highest BCUT2D eigenvalue weighted by molar-refractivity contribution is 9.10. The molecular weight excluding hydrogens is 386 g/mol. The van der Waals surface area contributed by atoms with Gasteiger partial charge in [-0.1, -0.05) is 28.1 Å². The van der Waals surface area contributed by atoms with Crippen LogP contribution in [0, 0.1) is 11.6 Å². The molecule has 2 aromatic carbocycles. The van der Waals surface area contributed by atoms with Crippen molar-refractivity contribution < 1.29 is 13.6 Å². The van der Waals surface area contributed by atoms with Gasteiger partial charge < -0.3 is 0 Å². The summed E-state index contributed by atoms with van der Waals surface area (Å²) in [5.41, 5.74) is 1.08. The van der Waals surface area contributed by atoms with Gasteiger partial charge in [0.25, 0.3) is 5.91 Å². The zero-order valence-corrected chi connectivity index (χ0v) is 13.9. The van der Waals surface area contributed by atoms with Crippen molar-refractivity contribution in [3.8, 4) is 11.3 Å². The third-order valence-corrected chi connectivity index (χ3v) is 4.27. The summed E-state index contributed by atoms with van der Waals surface area (Å²) >= 11 is 4.32. The van der Waals surface area contributed by atoms with Crippen LogP contribution in [0.1, 0.15) is 10.4 Å². The molecule has 0 fully saturated rings. The minimum absolute atomic E-state index is 0.0734. The molecule has 0 bridgehead atoms. The summed E-state index contributed by atoms with van der Waals surface area (Å²) in [5, 5.41) is 4.56. The van der Waals surface area contributed by atoms with Gasteiger partial charge in [-0.25, -0.2) is 13.8 Å². The third kappa shape index (κ3) is 3.62. The van der Waals surface area contributed by atoms with Crippen LogP contribution < -0.4 is 5.32 Å². The van der Waals surface area contributed by atoms with Gasteiger partial charge in [-0.2, -0.15) is 0 Å². The van der Waals surface area contributed by atoms with Gasteiger partial charge in [-0.15, -0.1) is 11.3 Å². The molecular formula is C16H9BrF2N2OS.